The molecule has 1 aromatic rings. The first kappa shape index (κ1) is 11.5. The molecule has 3 nitrogen and oxygen atoms in total. The number of benzene rings is 1. The van der Waals surface area contributed by atoms with Crippen molar-refractivity contribution in [3.05, 3.63) is 29.6 Å². The number of likely N-dealkylation sites (N-methyl/N-ethyl adjacent to an activating group) is 1. The summed E-state index contributed by atoms with van der Waals surface area (Å²) in [5.41, 5.74) is 0.672. The number of carbonyl (C=O) groups is 1. The fourth-order valence-corrected chi connectivity index (χ4v) is 1.19. The van der Waals surface area contributed by atoms with E-state index < -0.39 is 6.10 Å². The van der Waals surface area contributed by atoms with Crippen molar-refractivity contribution >= 4 is 5.91 Å². The van der Waals surface area contributed by atoms with E-state index in [0.29, 0.717) is 11.3 Å². The summed E-state index contributed by atoms with van der Waals surface area (Å²) in [6.45, 7) is 3.37. The van der Waals surface area contributed by atoms with Crippen LogP contribution in [0.15, 0.2) is 18.2 Å². The summed E-state index contributed by atoms with van der Waals surface area (Å²) < 4.78 is 18.1. The lowest BCUT2D eigenvalue weighted by molar-refractivity contribution is -0.126. The largest absolute Gasteiger partial charge is 0.481 e. The van der Waals surface area contributed by atoms with Gasteiger partial charge in [0.25, 0.3) is 5.91 Å². The van der Waals surface area contributed by atoms with Crippen LogP contribution < -0.4 is 10.1 Å². The molecule has 0 fully saturated rings. The highest BCUT2D eigenvalue weighted by Gasteiger charge is 2.13. The Bertz CT molecular complexity index is 366. The number of ether oxygens (including phenoxy) is 1. The number of aryl methyl sites for hydroxylation is 1. The molecule has 0 aliphatic heterocycles. The van der Waals surface area contributed by atoms with Crippen LogP contribution in [0.25, 0.3) is 0 Å². The monoisotopic (exact) mass is 211 g/mol. The van der Waals surface area contributed by atoms with Crippen LogP contribution in [0.1, 0.15) is 12.5 Å². The maximum atomic E-state index is 12.8. The lowest BCUT2D eigenvalue weighted by atomic mass is 10.2. The smallest absolute Gasteiger partial charge is 0.260 e. The fourth-order valence-electron chi connectivity index (χ4n) is 1.19. The highest BCUT2D eigenvalue weighted by atomic mass is 19.1. The van der Waals surface area contributed by atoms with Crippen LogP contribution in [0, 0.1) is 12.7 Å². The number of hydrogen-bond acceptors (Lipinski definition) is 2. The Morgan fingerprint density at radius 1 is 1.53 bits per heavy atom. The lowest BCUT2D eigenvalue weighted by Crippen LogP contribution is -2.33. The first-order valence-electron chi connectivity index (χ1n) is 4.69. The van der Waals surface area contributed by atoms with Gasteiger partial charge >= 0.3 is 0 Å². The van der Waals surface area contributed by atoms with Crippen LogP contribution in [0.4, 0.5) is 4.39 Å². The van der Waals surface area contributed by atoms with Crippen molar-refractivity contribution in [1.82, 2.24) is 5.32 Å². The normalized spacial score (nSPS) is 12.0. The summed E-state index contributed by atoms with van der Waals surface area (Å²) in [7, 11) is 1.54. The molecule has 0 saturated heterocycles. The molecule has 15 heavy (non-hydrogen) atoms. The number of hydrogen-bond donors (Lipinski definition) is 1. The second-order valence-electron chi connectivity index (χ2n) is 3.28. The molecule has 82 valence electrons. The number of carbonyl (C=O) groups excluding carboxylic acids is 1. The predicted molar refractivity (Wildman–Crippen MR) is 55.3 cm³/mol. The third-order valence-electron chi connectivity index (χ3n) is 2.06. The lowest BCUT2D eigenvalue weighted by Gasteiger charge is -2.14. The van der Waals surface area contributed by atoms with Gasteiger partial charge in [-0.25, -0.2) is 4.39 Å². The minimum absolute atomic E-state index is 0.210. The van der Waals surface area contributed by atoms with Crippen molar-refractivity contribution < 1.29 is 13.9 Å². The molecular weight excluding hydrogens is 197 g/mol. The molecule has 0 radical (unpaired) electrons. The Kier molecular flexibility index (Phi) is 3.66. The van der Waals surface area contributed by atoms with Gasteiger partial charge in [-0.3, -0.25) is 4.79 Å². The van der Waals surface area contributed by atoms with Crippen LogP contribution >= 0.6 is 0 Å². The maximum absolute atomic E-state index is 12.8. The van der Waals surface area contributed by atoms with Gasteiger partial charge in [-0.2, -0.15) is 0 Å². The topological polar surface area (TPSA) is 38.3 Å². The third kappa shape index (κ3) is 2.94. The van der Waals surface area contributed by atoms with Gasteiger partial charge in [-0.1, -0.05) is 0 Å². The zero-order valence-corrected chi connectivity index (χ0v) is 9.00. The van der Waals surface area contributed by atoms with Gasteiger partial charge in [-0.15, -0.1) is 0 Å². The predicted octanol–water partition coefficient (Wildman–Crippen LogP) is 1.65. The molecule has 1 aromatic carbocycles. The molecule has 1 rings (SSSR count). The Balaban J connectivity index is 2.76. The van der Waals surface area contributed by atoms with E-state index in [1.807, 2.05) is 0 Å². The number of nitrogens with one attached hydrogen (secondary N) is 1. The Labute approximate surface area is 88.2 Å². The molecule has 0 spiro atoms. The standard InChI is InChI=1S/C11H14FNO2/c1-7-6-9(12)4-5-10(7)15-8(2)11(14)13-3/h4-6,8H,1-3H3,(H,13,14). The van der Waals surface area contributed by atoms with Gasteiger partial charge in [-0.05, 0) is 37.6 Å². The van der Waals surface area contributed by atoms with Gasteiger partial charge in [0.2, 0.25) is 0 Å². The maximum Gasteiger partial charge on any atom is 0.260 e. The molecule has 0 aliphatic rings. The molecule has 1 atom stereocenters. The van der Waals surface area contributed by atoms with Crippen LogP contribution in [0.3, 0.4) is 0 Å². The first-order valence-corrected chi connectivity index (χ1v) is 4.69. The van der Waals surface area contributed by atoms with E-state index in [4.69, 9.17) is 4.74 Å². The van der Waals surface area contributed by atoms with Gasteiger partial charge < -0.3 is 10.1 Å². The molecule has 1 unspecified atom stereocenters. The molecule has 1 amide bonds. The zero-order valence-electron chi connectivity index (χ0n) is 9.00. The molecular formula is C11H14FNO2. The summed E-state index contributed by atoms with van der Waals surface area (Å²) in [5, 5.41) is 2.48. The quantitative estimate of drug-likeness (QED) is 0.825. The Morgan fingerprint density at radius 2 is 2.20 bits per heavy atom. The minimum Gasteiger partial charge on any atom is -0.481 e. The van der Waals surface area contributed by atoms with Crippen LogP contribution in [-0.2, 0) is 4.79 Å². The van der Waals surface area contributed by atoms with Gasteiger partial charge in [0.1, 0.15) is 11.6 Å². The van der Waals surface area contributed by atoms with Crippen molar-refractivity contribution in [2.75, 3.05) is 7.05 Å². The SMILES string of the molecule is CNC(=O)C(C)Oc1ccc(F)cc1C. The van der Waals surface area contributed by atoms with Crippen molar-refractivity contribution in [3.8, 4) is 5.75 Å². The summed E-state index contributed by atoms with van der Waals surface area (Å²) in [5.74, 6) is -0.00123. The first-order chi connectivity index (χ1) is 7.04. The van der Waals surface area contributed by atoms with E-state index in [-0.39, 0.29) is 11.7 Å². The van der Waals surface area contributed by atoms with Crippen LogP contribution in [0.2, 0.25) is 0 Å². The van der Waals surface area contributed by atoms with Crippen molar-refractivity contribution in [3.63, 3.8) is 0 Å². The van der Waals surface area contributed by atoms with Gasteiger partial charge in [0.05, 0.1) is 0 Å². The molecule has 0 bridgehead atoms. The molecule has 4 heteroatoms. The molecule has 0 aliphatic carbocycles. The van der Waals surface area contributed by atoms with Crippen LogP contribution in [-0.4, -0.2) is 19.1 Å². The zero-order chi connectivity index (χ0) is 11.4. The highest BCUT2D eigenvalue weighted by molar-refractivity contribution is 5.80. The highest BCUT2D eigenvalue weighted by Crippen LogP contribution is 2.19. The fraction of sp³-hybridized carbons (Fsp3) is 0.364. The van der Waals surface area contributed by atoms with Gasteiger partial charge in [0.15, 0.2) is 6.10 Å². The summed E-state index contributed by atoms with van der Waals surface area (Å²) in [4.78, 5) is 11.2. The minimum atomic E-state index is -0.584. The van der Waals surface area contributed by atoms with E-state index in [9.17, 15) is 9.18 Å². The second kappa shape index (κ2) is 4.77. The van der Waals surface area contributed by atoms with E-state index in [1.165, 1.54) is 18.2 Å². The molecule has 0 aromatic heterocycles. The van der Waals surface area contributed by atoms with Crippen molar-refractivity contribution in [1.29, 1.82) is 0 Å². The molecule has 1 N–H and O–H groups in total. The van der Waals surface area contributed by atoms with E-state index in [1.54, 1.807) is 20.9 Å². The second-order valence-corrected chi connectivity index (χ2v) is 3.28. The van der Waals surface area contributed by atoms with E-state index in [2.05, 4.69) is 5.32 Å². The Hall–Kier alpha value is -1.58. The number of rotatable bonds is 3. The summed E-state index contributed by atoms with van der Waals surface area (Å²) >= 11 is 0. The van der Waals surface area contributed by atoms with E-state index in [0.717, 1.165) is 0 Å². The molecule has 0 saturated carbocycles. The van der Waals surface area contributed by atoms with Gasteiger partial charge in [0, 0.05) is 7.05 Å². The average Bonchev–Trinajstić information content (AvgIpc) is 2.20. The average molecular weight is 211 g/mol. The summed E-state index contributed by atoms with van der Waals surface area (Å²) in [6, 6.07) is 4.19. The van der Waals surface area contributed by atoms with Crippen molar-refractivity contribution in [2.45, 2.75) is 20.0 Å². The number of halogens is 1. The van der Waals surface area contributed by atoms with E-state index >= 15 is 0 Å². The Morgan fingerprint density at radius 3 is 2.73 bits per heavy atom. The third-order valence-corrected chi connectivity index (χ3v) is 2.06. The van der Waals surface area contributed by atoms with Crippen LogP contribution in [0.5, 0.6) is 5.75 Å². The van der Waals surface area contributed by atoms with Crippen molar-refractivity contribution in [2.24, 2.45) is 0 Å². The number of amides is 1. The molecule has 0 heterocycles. The summed E-state index contributed by atoms with van der Waals surface area (Å²) in [6.07, 6.45) is -0.584.